The lowest BCUT2D eigenvalue weighted by Crippen LogP contribution is -2.14. The standard InChI is InChI=1S/C13H21N3O2/c1-11-6-7-12(13(10-11)16(17)18)14-8-4-5-9-15(2)3/h6-7,10,14H,4-5,8-9H2,1-3H3. The van der Waals surface area contributed by atoms with Gasteiger partial charge in [-0.2, -0.15) is 0 Å². The van der Waals surface area contributed by atoms with Crippen LogP contribution in [0.1, 0.15) is 18.4 Å². The Labute approximate surface area is 108 Å². The van der Waals surface area contributed by atoms with E-state index in [1.807, 2.05) is 27.1 Å². The van der Waals surface area contributed by atoms with E-state index in [4.69, 9.17) is 0 Å². The Balaban J connectivity index is 2.49. The van der Waals surface area contributed by atoms with Crippen molar-refractivity contribution in [2.24, 2.45) is 0 Å². The molecule has 0 aliphatic rings. The first-order valence-electron chi connectivity index (χ1n) is 6.14. The van der Waals surface area contributed by atoms with Gasteiger partial charge in [0, 0.05) is 12.6 Å². The Morgan fingerprint density at radius 3 is 2.67 bits per heavy atom. The van der Waals surface area contributed by atoms with Crippen LogP contribution in [0.3, 0.4) is 0 Å². The normalized spacial score (nSPS) is 10.7. The number of nitrogens with one attached hydrogen (secondary N) is 1. The fourth-order valence-electron chi connectivity index (χ4n) is 1.72. The summed E-state index contributed by atoms with van der Waals surface area (Å²) in [6.45, 7) is 3.66. The number of benzene rings is 1. The van der Waals surface area contributed by atoms with Gasteiger partial charge in [-0.1, -0.05) is 6.07 Å². The van der Waals surface area contributed by atoms with Crippen molar-refractivity contribution in [2.75, 3.05) is 32.5 Å². The van der Waals surface area contributed by atoms with Crippen LogP contribution < -0.4 is 5.32 Å². The van der Waals surface area contributed by atoms with Crippen LogP contribution >= 0.6 is 0 Å². The minimum atomic E-state index is -0.338. The van der Waals surface area contributed by atoms with Crippen molar-refractivity contribution in [3.63, 3.8) is 0 Å². The SMILES string of the molecule is Cc1ccc(NCCCCN(C)C)c([N+](=O)[O-])c1. The summed E-state index contributed by atoms with van der Waals surface area (Å²) in [5.41, 5.74) is 1.66. The molecule has 0 aromatic heterocycles. The summed E-state index contributed by atoms with van der Waals surface area (Å²) in [5.74, 6) is 0. The molecule has 1 aromatic carbocycles. The van der Waals surface area contributed by atoms with Gasteiger partial charge in [-0.3, -0.25) is 10.1 Å². The Morgan fingerprint density at radius 1 is 1.33 bits per heavy atom. The van der Waals surface area contributed by atoms with E-state index in [-0.39, 0.29) is 10.6 Å². The van der Waals surface area contributed by atoms with E-state index in [2.05, 4.69) is 10.2 Å². The van der Waals surface area contributed by atoms with Crippen molar-refractivity contribution in [2.45, 2.75) is 19.8 Å². The number of nitro groups is 1. The van der Waals surface area contributed by atoms with Crippen LogP contribution in [-0.2, 0) is 0 Å². The summed E-state index contributed by atoms with van der Waals surface area (Å²) >= 11 is 0. The molecule has 0 amide bonds. The molecule has 0 saturated heterocycles. The summed E-state index contributed by atoms with van der Waals surface area (Å²) in [4.78, 5) is 12.7. The molecule has 100 valence electrons. The Bertz CT molecular complexity index is 405. The minimum Gasteiger partial charge on any atom is -0.379 e. The van der Waals surface area contributed by atoms with Crippen molar-refractivity contribution in [3.05, 3.63) is 33.9 Å². The van der Waals surface area contributed by atoms with E-state index in [1.165, 1.54) is 0 Å². The highest BCUT2D eigenvalue weighted by atomic mass is 16.6. The fraction of sp³-hybridized carbons (Fsp3) is 0.538. The highest BCUT2D eigenvalue weighted by Crippen LogP contribution is 2.25. The van der Waals surface area contributed by atoms with E-state index >= 15 is 0 Å². The lowest BCUT2D eigenvalue weighted by molar-refractivity contribution is -0.384. The van der Waals surface area contributed by atoms with E-state index in [0.717, 1.165) is 31.5 Å². The van der Waals surface area contributed by atoms with Crippen LogP contribution in [0.25, 0.3) is 0 Å². The van der Waals surface area contributed by atoms with E-state index in [1.54, 1.807) is 12.1 Å². The second-order valence-corrected chi connectivity index (χ2v) is 4.71. The van der Waals surface area contributed by atoms with Crippen molar-refractivity contribution in [1.82, 2.24) is 4.90 Å². The fourth-order valence-corrected chi connectivity index (χ4v) is 1.72. The predicted molar refractivity (Wildman–Crippen MR) is 74.1 cm³/mol. The van der Waals surface area contributed by atoms with Gasteiger partial charge >= 0.3 is 0 Å². The highest BCUT2D eigenvalue weighted by molar-refractivity contribution is 5.62. The smallest absolute Gasteiger partial charge is 0.292 e. The maximum Gasteiger partial charge on any atom is 0.292 e. The number of hydrogen-bond acceptors (Lipinski definition) is 4. The molecule has 1 N–H and O–H groups in total. The quantitative estimate of drug-likeness (QED) is 0.460. The van der Waals surface area contributed by atoms with Gasteiger partial charge in [0.15, 0.2) is 0 Å². The van der Waals surface area contributed by atoms with Crippen LogP contribution in [-0.4, -0.2) is 37.0 Å². The van der Waals surface area contributed by atoms with Gasteiger partial charge in [0.25, 0.3) is 5.69 Å². The van der Waals surface area contributed by atoms with Gasteiger partial charge in [-0.05, 0) is 52.0 Å². The molecular formula is C13H21N3O2. The number of nitrogens with zero attached hydrogens (tertiary/aromatic N) is 2. The highest BCUT2D eigenvalue weighted by Gasteiger charge is 2.12. The molecule has 0 spiro atoms. The molecule has 0 unspecified atom stereocenters. The second-order valence-electron chi connectivity index (χ2n) is 4.71. The molecule has 0 bridgehead atoms. The number of aryl methyl sites for hydroxylation is 1. The zero-order valence-corrected chi connectivity index (χ0v) is 11.3. The van der Waals surface area contributed by atoms with Gasteiger partial charge in [0.05, 0.1) is 4.92 Å². The first-order valence-corrected chi connectivity index (χ1v) is 6.14. The van der Waals surface area contributed by atoms with Crippen molar-refractivity contribution in [1.29, 1.82) is 0 Å². The second kappa shape index (κ2) is 6.96. The molecule has 0 saturated carbocycles. The van der Waals surface area contributed by atoms with Crippen LogP contribution in [0.4, 0.5) is 11.4 Å². The summed E-state index contributed by atoms with van der Waals surface area (Å²) in [6, 6.07) is 5.26. The topological polar surface area (TPSA) is 58.4 Å². The Kier molecular flexibility index (Phi) is 5.58. The summed E-state index contributed by atoms with van der Waals surface area (Å²) in [6.07, 6.45) is 2.09. The molecule has 0 atom stereocenters. The molecule has 0 fully saturated rings. The number of nitro benzene ring substituents is 1. The number of unbranched alkanes of at least 4 members (excludes halogenated alkanes) is 1. The molecule has 5 nitrogen and oxygen atoms in total. The molecule has 18 heavy (non-hydrogen) atoms. The Hall–Kier alpha value is -1.62. The molecule has 0 aliphatic heterocycles. The largest absolute Gasteiger partial charge is 0.379 e. The van der Waals surface area contributed by atoms with Gasteiger partial charge in [0.2, 0.25) is 0 Å². The number of anilines is 1. The van der Waals surface area contributed by atoms with E-state index in [9.17, 15) is 10.1 Å². The summed E-state index contributed by atoms with van der Waals surface area (Å²) in [5, 5.41) is 14.0. The third-order valence-corrected chi connectivity index (χ3v) is 2.70. The lowest BCUT2D eigenvalue weighted by atomic mass is 10.2. The third kappa shape index (κ3) is 4.71. The van der Waals surface area contributed by atoms with Gasteiger partial charge in [0.1, 0.15) is 5.69 Å². The molecular weight excluding hydrogens is 230 g/mol. The molecule has 0 aliphatic carbocycles. The predicted octanol–water partition coefficient (Wildman–Crippen LogP) is 2.66. The van der Waals surface area contributed by atoms with Gasteiger partial charge < -0.3 is 10.2 Å². The molecule has 5 heteroatoms. The van der Waals surface area contributed by atoms with Crippen LogP contribution in [0.2, 0.25) is 0 Å². The monoisotopic (exact) mass is 251 g/mol. The van der Waals surface area contributed by atoms with Crippen LogP contribution in [0.15, 0.2) is 18.2 Å². The molecule has 1 rings (SSSR count). The average molecular weight is 251 g/mol. The van der Waals surface area contributed by atoms with E-state index < -0.39 is 0 Å². The number of hydrogen-bond donors (Lipinski definition) is 1. The zero-order valence-electron chi connectivity index (χ0n) is 11.3. The average Bonchev–Trinajstić information content (AvgIpc) is 2.29. The third-order valence-electron chi connectivity index (χ3n) is 2.70. The van der Waals surface area contributed by atoms with Gasteiger partial charge in [-0.15, -0.1) is 0 Å². The minimum absolute atomic E-state index is 0.155. The molecule has 0 radical (unpaired) electrons. The van der Waals surface area contributed by atoms with Gasteiger partial charge in [-0.25, -0.2) is 0 Å². The van der Waals surface area contributed by atoms with Crippen molar-refractivity contribution in [3.8, 4) is 0 Å². The maximum atomic E-state index is 10.9. The molecule has 0 heterocycles. The summed E-state index contributed by atoms with van der Waals surface area (Å²) < 4.78 is 0. The lowest BCUT2D eigenvalue weighted by Gasteiger charge is -2.10. The van der Waals surface area contributed by atoms with Crippen molar-refractivity contribution >= 4 is 11.4 Å². The maximum absolute atomic E-state index is 10.9. The summed E-state index contributed by atoms with van der Waals surface area (Å²) in [7, 11) is 4.08. The first kappa shape index (κ1) is 14.4. The first-order chi connectivity index (χ1) is 8.50. The van der Waals surface area contributed by atoms with Crippen LogP contribution in [0, 0.1) is 17.0 Å². The molecule has 1 aromatic rings. The Morgan fingerprint density at radius 2 is 2.06 bits per heavy atom. The number of rotatable bonds is 7. The van der Waals surface area contributed by atoms with Crippen molar-refractivity contribution < 1.29 is 4.92 Å². The zero-order chi connectivity index (χ0) is 13.5. The van der Waals surface area contributed by atoms with Crippen LogP contribution in [0.5, 0.6) is 0 Å². The van der Waals surface area contributed by atoms with E-state index in [0.29, 0.717) is 5.69 Å².